The number of carbonyl (C=O) groups excluding carboxylic acids is 1. The van der Waals surface area contributed by atoms with Crippen LogP contribution in [0.3, 0.4) is 0 Å². The van der Waals surface area contributed by atoms with E-state index in [4.69, 9.17) is 34.8 Å². The van der Waals surface area contributed by atoms with Crippen LogP contribution in [0.5, 0.6) is 0 Å². The number of aromatic nitrogens is 2. The number of nitrogens with one attached hydrogen (secondary N) is 1. The molecule has 0 saturated heterocycles. The van der Waals surface area contributed by atoms with Crippen LogP contribution in [0.25, 0.3) is 0 Å². The van der Waals surface area contributed by atoms with Crippen molar-refractivity contribution >= 4 is 46.5 Å². The minimum absolute atomic E-state index is 0.144. The van der Waals surface area contributed by atoms with Gasteiger partial charge in [-0.15, -0.1) is 0 Å². The standard InChI is InChI=1S/C18H13Cl3FN3O/c1-10-8-16(23-18(26)11-4-2-6-14(20)17(11)21)24-25(10)9-12-13(19)5-3-7-15(12)22/h2-8H,9H2,1H3,(H,23,24,26). The maximum atomic E-state index is 14.0. The fourth-order valence-electron chi connectivity index (χ4n) is 2.43. The first-order valence-electron chi connectivity index (χ1n) is 7.59. The second-order valence-electron chi connectivity index (χ2n) is 5.58. The number of carbonyl (C=O) groups is 1. The Labute approximate surface area is 164 Å². The van der Waals surface area contributed by atoms with Gasteiger partial charge in [-0.3, -0.25) is 9.48 Å². The van der Waals surface area contributed by atoms with E-state index < -0.39 is 11.7 Å². The van der Waals surface area contributed by atoms with Gasteiger partial charge in [-0.25, -0.2) is 4.39 Å². The first kappa shape index (κ1) is 18.7. The van der Waals surface area contributed by atoms with Gasteiger partial charge in [0.1, 0.15) is 5.82 Å². The molecular weight excluding hydrogens is 400 g/mol. The monoisotopic (exact) mass is 411 g/mol. The highest BCUT2D eigenvalue weighted by Crippen LogP contribution is 2.26. The first-order valence-corrected chi connectivity index (χ1v) is 8.73. The third-order valence-electron chi connectivity index (χ3n) is 3.79. The molecule has 3 aromatic rings. The summed E-state index contributed by atoms with van der Waals surface area (Å²) < 4.78 is 15.5. The Balaban J connectivity index is 1.82. The predicted octanol–water partition coefficient (Wildman–Crippen LogP) is 5.59. The van der Waals surface area contributed by atoms with Gasteiger partial charge in [0.05, 0.1) is 22.2 Å². The number of benzene rings is 2. The highest BCUT2D eigenvalue weighted by molar-refractivity contribution is 6.44. The molecule has 8 heteroatoms. The quantitative estimate of drug-likeness (QED) is 0.607. The lowest BCUT2D eigenvalue weighted by Crippen LogP contribution is -2.13. The van der Waals surface area contributed by atoms with Crippen molar-refractivity contribution in [2.75, 3.05) is 5.32 Å². The summed E-state index contributed by atoms with van der Waals surface area (Å²) in [5.41, 5.74) is 1.30. The van der Waals surface area contributed by atoms with Crippen molar-refractivity contribution in [1.29, 1.82) is 0 Å². The number of nitrogens with zero attached hydrogens (tertiary/aromatic N) is 2. The SMILES string of the molecule is Cc1cc(NC(=O)c2cccc(Cl)c2Cl)nn1Cc1c(F)cccc1Cl. The summed E-state index contributed by atoms with van der Waals surface area (Å²) in [5, 5.41) is 7.72. The van der Waals surface area contributed by atoms with Gasteiger partial charge in [0.2, 0.25) is 0 Å². The van der Waals surface area contributed by atoms with E-state index in [0.29, 0.717) is 16.4 Å². The summed E-state index contributed by atoms with van der Waals surface area (Å²) in [6.07, 6.45) is 0. The van der Waals surface area contributed by atoms with Crippen LogP contribution in [0.1, 0.15) is 21.6 Å². The van der Waals surface area contributed by atoms with E-state index >= 15 is 0 Å². The maximum absolute atomic E-state index is 14.0. The Bertz CT molecular complexity index is 968. The predicted molar refractivity (Wildman–Crippen MR) is 102 cm³/mol. The summed E-state index contributed by atoms with van der Waals surface area (Å²) in [4.78, 5) is 12.4. The van der Waals surface area contributed by atoms with Crippen LogP contribution in [-0.2, 0) is 6.54 Å². The van der Waals surface area contributed by atoms with Crippen LogP contribution in [0.15, 0.2) is 42.5 Å². The van der Waals surface area contributed by atoms with E-state index in [9.17, 15) is 9.18 Å². The summed E-state index contributed by atoms with van der Waals surface area (Å²) in [6.45, 7) is 1.94. The molecule has 26 heavy (non-hydrogen) atoms. The number of halogens is 4. The summed E-state index contributed by atoms with van der Waals surface area (Å²) in [5.74, 6) is -0.536. The molecule has 1 amide bonds. The Morgan fingerprint density at radius 2 is 1.85 bits per heavy atom. The van der Waals surface area contributed by atoms with E-state index in [2.05, 4.69) is 10.4 Å². The number of hydrogen-bond acceptors (Lipinski definition) is 2. The normalized spacial score (nSPS) is 10.8. The van der Waals surface area contributed by atoms with Gasteiger partial charge >= 0.3 is 0 Å². The highest BCUT2D eigenvalue weighted by Gasteiger charge is 2.16. The molecule has 1 heterocycles. The molecule has 0 fully saturated rings. The van der Waals surface area contributed by atoms with Crippen LogP contribution in [-0.4, -0.2) is 15.7 Å². The minimum Gasteiger partial charge on any atom is -0.305 e. The van der Waals surface area contributed by atoms with Crippen molar-refractivity contribution in [3.63, 3.8) is 0 Å². The first-order chi connectivity index (χ1) is 12.4. The maximum Gasteiger partial charge on any atom is 0.258 e. The molecule has 0 bridgehead atoms. The van der Waals surface area contributed by atoms with E-state index in [1.165, 1.54) is 12.1 Å². The number of aryl methyl sites for hydroxylation is 1. The number of rotatable bonds is 4. The molecule has 0 saturated carbocycles. The van der Waals surface area contributed by atoms with Gasteiger partial charge in [-0.05, 0) is 31.2 Å². The van der Waals surface area contributed by atoms with E-state index in [1.54, 1.807) is 41.9 Å². The average Bonchev–Trinajstić information content (AvgIpc) is 2.92. The van der Waals surface area contributed by atoms with Gasteiger partial charge in [0, 0.05) is 22.3 Å². The van der Waals surface area contributed by atoms with Crippen molar-refractivity contribution < 1.29 is 9.18 Å². The van der Waals surface area contributed by atoms with Gasteiger partial charge < -0.3 is 5.32 Å². The molecule has 0 radical (unpaired) electrons. The molecule has 1 aromatic heterocycles. The molecule has 134 valence electrons. The zero-order valence-corrected chi connectivity index (χ0v) is 15.8. The average molecular weight is 413 g/mol. The van der Waals surface area contributed by atoms with Crippen LogP contribution in [0, 0.1) is 12.7 Å². The lowest BCUT2D eigenvalue weighted by atomic mass is 10.2. The molecule has 4 nitrogen and oxygen atoms in total. The van der Waals surface area contributed by atoms with Crippen molar-refractivity contribution in [2.45, 2.75) is 13.5 Å². The highest BCUT2D eigenvalue weighted by atomic mass is 35.5. The fourth-order valence-corrected chi connectivity index (χ4v) is 3.04. The summed E-state index contributed by atoms with van der Waals surface area (Å²) in [7, 11) is 0. The largest absolute Gasteiger partial charge is 0.305 e. The van der Waals surface area contributed by atoms with Crippen molar-refractivity contribution in [1.82, 2.24) is 9.78 Å². The zero-order valence-electron chi connectivity index (χ0n) is 13.6. The van der Waals surface area contributed by atoms with Crippen LogP contribution < -0.4 is 5.32 Å². The van der Waals surface area contributed by atoms with Crippen LogP contribution in [0.4, 0.5) is 10.2 Å². The summed E-state index contributed by atoms with van der Waals surface area (Å²) >= 11 is 18.0. The van der Waals surface area contributed by atoms with Crippen LogP contribution in [0.2, 0.25) is 15.1 Å². The number of amides is 1. The number of hydrogen-bond donors (Lipinski definition) is 1. The van der Waals surface area contributed by atoms with Gasteiger partial charge in [0.25, 0.3) is 5.91 Å². The molecule has 3 rings (SSSR count). The third-order valence-corrected chi connectivity index (χ3v) is 4.96. The molecule has 1 N–H and O–H groups in total. The molecule has 0 aliphatic heterocycles. The lowest BCUT2D eigenvalue weighted by Gasteiger charge is -2.08. The van der Waals surface area contributed by atoms with Gasteiger partial charge in [-0.2, -0.15) is 5.10 Å². The fraction of sp³-hybridized carbons (Fsp3) is 0.111. The Hall–Kier alpha value is -2.08. The van der Waals surface area contributed by atoms with E-state index in [-0.39, 0.29) is 22.2 Å². The molecule has 0 aliphatic carbocycles. The van der Waals surface area contributed by atoms with Crippen LogP contribution >= 0.6 is 34.8 Å². The third kappa shape index (κ3) is 3.85. The smallest absolute Gasteiger partial charge is 0.258 e. The molecule has 0 spiro atoms. The van der Waals surface area contributed by atoms with Gasteiger partial charge in [0.15, 0.2) is 5.82 Å². The molecule has 0 aliphatic rings. The van der Waals surface area contributed by atoms with Crippen molar-refractivity contribution in [3.05, 3.63) is 80.2 Å². The Morgan fingerprint density at radius 1 is 1.15 bits per heavy atom. The molecular formula is C18H13Cl3FN3O. The van der Waals surface area contributed by atoms with Crippen molar-refractivity contribution in [3.8, 4) is 0 Å². The van der Waals surface area contributed by atoms with Crippen molar-refractivity contribution in [2.24, 2.45) is 0 Å². The Morgan fingerprint density at radius 3 is 2.58 bits per heavy atom. The lowest BCUT2D eigenvalue weighted by molar-refractivity contribution is 0.102. The molecule has 0 atom stereocenters. The second-order valence-corrected chi connectivity index (χ2v) is 6.78. The van der Waals surface area contributed by atoms with Gasteiger partial charge in [-0.1, -0.05) is 46.9 Å². The summed E-state index contributed by atoms with van der Waals surface area (Å²) in [6, 6.07) is 11.0. The number of anilines is 1. The van der Waals surface area contributed by atoms with E-state index in [0.717, 1.165) is 5.69 Å². The molecule has 2 aromatic carbocycles. The Kier molecular flexibility index (Phi) is 5.51. The van der Waals surface area contributed by atoms with E-state index in [1.807, 2.05) is 0 Å². The molecule has 0 unspecified atom stereocenters. The topological polar surface area (TPSA) is 46.9 Å². The minimum atomic E-state index is -0.439. The second kappa shape index (κ2) is 7.66. The zero-order chi connectivity index (χ0) is 18.8.